The third kappa shape index (κ3) is 3.53. The second kappa shape index (κ2) is 6.11. The third-order valence-electron chi connectivity index (χ3n) is 2.79. The molecule has 1 amide bonds. The molecule has 6 heteroatoms. The first kappa shape index (κ1) is 12.5. The zero-order valence-corrected chi connectivity index (χ0v) is 10.0. The molecule has 0 saturated carbocycles. The Morgan fingerprint density at radius 3 is 3.06 bits per heavy atom. The van der Waals surface area contributed by atoms with Gasteiger partial charge in [0, 0.05) is 19.3 Å². The number of aromatic nitrogens is 2. The Labute approximate surface area is 105 Å². The molecule has 0 radical (unpaired) electrons. The van der Waals surface area contributed by atoms with Gasteiger partial charge in [0.15, 0.2) is 0 Å². The number of amides is 1. The first-order valence-corrected chi connectivity index (χ1v) is 5.97. The maximum atomic E-state index is 11.7. The Bertz CT molecular complexity index is 487. The molecule has 0 aromatic carbocycles. The van der Waals surface area contributed by atoms with Gasteiger partial charge in [-0.25, -0.2) is 4.98 Å². The van der Waals surface area contributed by atoms with Crippen LogP contribution in [0.4, 0.5) is 0 Å². The van der Waals surface area contributed by atoms with Gasteiger partial charge in [-0.15, -0.1) is 0 Å². The highest BCUT2D eigenvalue weighted by atomic mass is 16.2. The van der Waals surface area contributed by atoms with Crippen molar-refractivity contribution in [2.75, 3.05) is 19.6 Å². The van der Waals surface area contributed by atoms with Crippen LogP contribution in [0.5, 0.6) is 0 Å². The maximum Gasteiger partial charge on any atom is 0.271 e. The summed E-state index contributed by atoms with van der Waals surface area (Å²) in [6.07, 6.45) is 6.48. The van der Waals surface area contributed by atoms with Crippen molar-refractivity contribution in [2.45, 2.75) is 12.8 Å². The first-order valence-electron chi connectivity index (χ1n) is 5.97. The maximum absolute atomic E-state index is 11.7. The van der Waals surface area contributed by atoms with Crippen molar-refractivity contribution in [1.82, 2.24) is 20.6 Å². The van der Waals surface area contributed by atoms with Crippen molar-refractivity contribution in [3.63, 3.8) is 0 Å². The van der Waals surface area contributed by atoms with Crippen LogP contribution >= 0.6 is 0 Å². The minimum atomic E-state index is -0.314. The van der Waals surface area contributed by atoms with E-state index < -0.39 is 0 Å². The molecule has 2 rings (SSSR count). The van der Waals surface area contributed by atoms with E-state index in [9.17, 15) is 9.59 Å². The van der Waals surface area contributed by atoms with E-state index in [1.165, 1.54) is 11.8 Å². The second-order valence-corrected chi connectivity index (χ2v) is 4.12. The van der Waals surface area contributed by atoms with Gasteiger partial charge in [0.2, 0.25) is 0 Å². The Morgan fingerprint density at radius 1 is 1.50 bits per heavy atom. The summed E-state index contributed by atoms with van der Waals surface area (Å²) in [6.45, 7) is 2.50. The van der Waals surface area contributed by atoms with Crippen LogP contribution in [0.1, 0.15) is 23.3 Å². The van der Waals surface area contributed by atoms with Crippen LogP contribution in [0.3, 0.4) is 0 Å². The summed E-state index contributed by atoms with van der Waals surface area (Å²) in [6, 6.07) is 0. The molecule has 0 bridgehead atoms. The highest BCUT2D eigenvalue weighted by Crippen LogP contribution is 2.07. The van der Waals surface area contributed by atoms with Gasteiger partial charge in [0.1, 0.15) is 5.69 Å². The fraction of sp³-hybridized carbons (Fsp3) is 0.417. The topological polar surface area (TPSA) is 86.9 Å². The average molecular weight is 248 g/mol. The van der Waals surface area contributed by atoms with Gasteiger partial charge < -0.3 is 15.6 Å². The normalized spacial score (nSPS) is 15.0. The number of hydrogen-bond acceptors (Lipinski definition) is 4. The van der Waals surface area contributed by atoms with Gasteiger partial charge in [-0.3, -0.25) is 9.59 Å². The highest BCUT2D eigenvalue weighted by Gasteiger charge is 2.07. The van der Waals surface area contributed by atoms with Crippen molar-refractivity contribution in [3.8, 4) is 0 Å². The number of aromatic amines is 1. The lowest BCUT2D eigenvalue weighted by molar-refractivity contribution is 0.0948. The summed E-state index contributed by atoms with van der Waals surface area (Å²) < 4.78 is 0. The van der Waals surface area contributed by atoms with Crippen LogP contribution in [0.2, 0.25) is 0 Å². The van der Waals surface area contributed by atoms with Crippen LogP contribution in [0.15, 0.2) is 28.8 Å². The van der Waals surface area contributed by atoms with Crippen molar-refractivity contribution < 1.29 is 4.79 Å². The SMILES string of the molecule is O=C(NCCC1=CCNCC1)c1c[nH]c(=O)cn1. The van der Waals surface area contributed by atoms with Crippen molar-refractivity contribution in [2.24, 2.45) is 0 Å². The van der Waals surface area contributed by atoms with Crippen LogP contribution in [-0.4, -0.2) is 35.5 Å². The molecule has 1 aliphatic rings. The molecular weight excluding hydrogens is 232 g/mol. The van der Waals surface area contributed by atoms with Gasteiger partial charge in [0.25, 0.3) is 11.5 Å². The van der Waals surface area contributed by atoms with E-state index in [1.54, 1.807) is 0 Å². The largest absolute Gasteiger partial charge is 0.350 e. The Morgan fingerprint density at radius 2 is 2.39 bits per heavy atom. The molecule has 18 heavy (non-hydrogen) atoms. The zero-order valence-electron chi connectivity index (χ0n) is 10.0. The van der Waals surface area contributed by atoms with E-state index in [-0.39, 0.29) is 17.2 Å². The summed E-state index contributed by atoms with van der Waals surface area (Å²) in [4.78, 5) is 28.7. The molecule has 96 valence electrons. The summed E-state index contributed by atoms with van der Waals surface area (Å²) in [5.41, 5.74) is 1.28. The number of hydrogen-bond donors (Lipinski definition) is 3. The van der Waals surface area contributed by atoms with Crippen LogP contribution < -0.4 is 16.2 Å². The second-order valence-electron chi connectivity index (χ2n) is 4.12. The molecule has 0 spiro atoms. The van der Waals surface area contributed by atoms with Crippen LogP contribution in [0.25, 0.3) is 0 Å². The fourth-order valence-electron chi connectivity index (χ4n) is 1.79. The molecule has 3 N–H and O–H groups in total. The lowest BCUT2D eigenvalue weighted by atomic mass is 10.1. The third-order valence-corrected chi connectivity index (χ3v) is 2.79. The molecule has 1 aromatic heterocycles. The molecule has 0 unspecified atom stereocenters. The molecule has 2 heterocycles. The smallest absolute Gasteiger partial charge is 0.271 e. The summed E-state index contributed by atoms with van der Waals surface area (Å²) >= 11 is 0. The molecule has 0 aliphatic carbocycles. The molecule has 0 saturated heterocycles. The first-order chi connectivity index (χ1) is 8.75. The van der Waals surface area contributed by atoms with Crippen molar-refractivity contribution in [1.29, 1.82) is 0 Å². The Kier molecular flexibility index (Phi) is 4.25. The Balaban J connectivity index is 1.79. The zero-order chi connectivity index (χ0) is 12.8. The van der Waals surface area contributed by atoms with Gasteiger partial charge in [0.05, 0.1) is 6.20 Å². The standard InChI is InChI=1S/C12H16N4O2/c17-11-8-15-10(7-16-11)12(18)14-6-3-9-1-4-13-5-2-9/h1,7-8,13H,2-6H2,(H,14,18)(H,16,17). The monoisotopic (exact) mass is 248 g/mol. The summed E-state index contributed by atoms with van der Waals surface area (Å²) in [7, 11) is 0. The molecule has 1 aromatic rings. The number of H-pyrrole nitrogens is 1. The van der Waals surface area contributed by atoms with Crippen LogP contribution in [0, 0.1) is 0 Å². The fourth-order valence-corrected chi connectivity index (χ4v) is 1.79. The lowest BCUT2D eigenvalue weighted by Gasteiger charge is -2.13. The minimum Gasteiger partial charge on any atom is -0.350 e. The predicted molar refractivity (Wildman–Crippen MR) is 67.4 cm³/mol. The van der Waals surface area contributed by atoms with Gasteiger partial charge in [-0.2, -0.15) is 0 Å². The number of nitrogens with zero attached hydrogens (tertiary/aromatic N) is 1. The van der Waals surface area contributed by atoms with E-state index in [1.807, 2.05) is 0 Å². The van der Waals surface area contributed by atoms with Gasteiger partial charge >= 0.3 is 0 Å². The predicted octanol–water partition coefficient (Wildman–Crippen LogP) is -0.191. The Hall–Kier alpha value is -1.95. The average Bonchev–Trinajstić information content (AvgIpc) is 2.40. The van der Waals surface area contributed by atoms with E-state index in [0.717, 1.165) is 32.1 Å². The lowest BCUT2D eigenvalue weighted by Crippen LogP contribution is -2.28. The van der Waals surface area contributed by atoms with Crippen LogP contribution in [-0.2, 0) is 0 Å². The van der Waals surface area contributed by atoms with E-state index in [2.05, 4.69) is 26.7 Å². The number of nitrogens with one attached hydrogen (secondary N) is 3. The number of carbonyl (C=O) groups excluding carboxylic acids is 1. The quantitative estimate of drug-likeness (QED) is 0.645. The molecule has 1 aliphatic heterocycles. The van der Waals surface area contributed by atoms with E-state index in [4.69, 9.17) is 0 Å². The number of rotatable bonds is 4. The summed E-state index contributed by atoms with van der Waals surface area (Å²) in [5, 5.41) is 6.02. The van der Waals surface area contributed by atoms with E-state index >= 15 is 0 Å². The van der Waals surface area contributed by atoms with Crippen molar-refractivity contribution in [3.05, 3.63) is 40.1 Å². The molecular formula is C12H16N4O2. The van der Waals surface area contributed by atoms with Gasteiger partial charge in [-0.1, -0.05) is 11.6 Å². The number of carbonyl (C=O) groups is 1. The molecule has 0 atom stereocenters. The van der Waals surface area contributed by atoms with E-state index in [0.29, 0.717) is 6.54 Å². The van der Waals surface area contributed by atoms with Gasteiger partial charge in [-0.05, 0) is 19.4 Å². The molecule has 0 fully saturated rings. The molecule has 6 nitrogen and oxygen atoms in total. The highest BCUT2D eigenvalue weighted by molar-refractivity contribution is 5.91. The minimum absolute atomic E-state index is 0.230. The summed E-state index contributed by atoms with van der Waals surface area (Å²) in [5.74, 6) is -0.263. The van der Waals surface area contributed by atoms with Crippen molar-refractivity contribution >= 4 is 5.91 Å².